The molecule has 1 aromatic carbocycles. The van der Waals surface area contributed by atoms with Gasteiger partial charge in [0.1, 0.15) is 19.0 Å². The lowest BCUT2D eigenvalue weighted by atomic mass is 10.1. The summed E-state index contributed by atoms with van der Waals surface area (Å²) in [5, 5.41) is 8.26. The van der Waals surface area contributed by atoms with E-state index < -0.39 is 0 Å². The zero-order chi connectivity index (χ0) is 14.4. The predicted octanol–water partition coefficient (Wildman–Crippen LogP) is 2.73. The average Bonchev–Trinajstić information content (AvgIpc) is 3.08. The van der Waals surface area contributed by atoms with Crippen molar-refractivity contribution in [1.82, 2.24) is 9.78 Å². The number of aromatic nitrogens is 2. The number of anilines is 1. The number of hydrogen-bond donors (Lipinski definition) is 1. The number of nitrogens with one attached hydrogen (secondary N) is 1. The highest BCUT2D eigenvalue weighted by molar-refractivity contribution is 5.59. The number of ether oxygens (including phenoxy) is 2. The summed E-state index contributed by atoms with van der Waals surface area (Å²) in [7, 11) is 0. The molecule has 0 bridgehead atoms. The molecule has 110 valence electrons. The van der Waals surface area contributed by atoms with Gasteiger partial charge >= 0.3 is 0 Å². The van der Waals surface area contributed by atoms with Crippen molar-refractivity contribution in [3.05, 3.63) is 29.5 Å². The van der Waals surface area contributed by atoms with Crippen LogP contribution in [0.5, 0.6) is 11.5 Å². The number of fused-ring (bicyclic) bond motifs is 2. The van der Waals surface area contributed by atoms with E-state index in [1.807, 2.05) is 22.9 Å². The number of benzene rings is 1. The Balaban J connectivity index is 1.82. The Kier molecular flexibility index (Phi) is 2.80. The molecule has 3 heterocycles. The third-order valence-electron chi connectivity index (χ3n) is 4.00. The molecule has 2 aromatic rings. The van der Waals surface area contributed by atoms with Crippen molar-refractivity contribution in [2.75, 3.05) is 25.1 Å². The quantitative estimate of drug-likeness (QED) is 0.921. The van der Waals surface area contributed by atoms with Crippen molar-refractivity contribution in [1.29, 1.82) is 0 Å². The zero-order valence-electron chi connectivity index (χ0n) is 12.3. The van der Waals surface area contributed by atoms with E-state index in [0.717, 1.165) is 36.0 Å². The Morgan fingerprint density at radius 3 is 2.81 bits per heavy atom. The summed E-state index contributed by atoms with van der Waals surface area (Å²) in [5.41, 5.74) is 3.54. The fourth-order valence-corrected chi connectivity index (χ4v) is 3.02. The molecular formula is C16H19N3O2. The highest BCUT2D eigenvalue weighted by Gasteiger charge is 2.25. The summed E-state index contributed by atoms with van der Waals surface area (Å²) >= 11 is 0. The molecule has 21 heavy (non-hydrogen) atoms. The zero-order valence-corrected chi connectivity index (χ0v) is 12.3. The first-order chi connectivity index (χ1) is 10.2. The van der Waals surface area contributed by atoms with Gasteiger partial charge in [-0.05, 0) is 24.5 Å². The highest BCUT2D eigenvalue weighted by atomic mass is 16.6. The Labute approximate surface area is 123 Å². The lowest BCUT2D eigenvalue weighted by Gasteiger charge is -2.19. The second-order valence-corrected chi connectivity index (χ2v) is 5.78. The van der Waals surface area contributed by atoms with Gasteiger partial charge in [-0.25, -0.2) is 4.68 Å². The Morgan fingerprint density at radius 2 is 2.00 bits per heavy atom. The first kappa shape index (κ1) is 12.6. The van der Waals surface area contributed by atoms with E-state index in [-0.39, 0.29) is 0 Å². The molecule has 0 unspecified atom stereocenters. The van der Waals surface area contributed by atoms with Crippen molar-refractivity contribution in [2.45, 2.75) is 26.2 Å². The van der Waals surface area contributed by atoms with Crippen LogP contribution in [0.3, 0.4) is 0 Å². The van der Waals surface area contributed by atoms with E-state index in [0.29, 0.717) is 19.1 Å². The minimum Gasteiger partial charge on any atom is -0.486 e. The van der Waals surface area contributed by atoms with Gasteiger partial charge in [0.25, 0.3) is 0 Å². The van der Waals surface area contributed by atoms with E-state index in [2.05, 4.69) is 19.2 Å². The normalized spacial score (nSPS) is 16.0. The number of rotatable bonds is 2. The van der Waals surface area contributed by atoms with Crippen molar-refractivity contribution >= 4 is 5.82 Å². The summed E-state index contributed by atoms with van der Waals surface area (Å²) in [4.78, 5) is 0. The maximum absolute atomic E-state index is 5.67. The summed E-state index contributed by atoms with van der Waals surface area (Å²) in [6.07, 6.45) is 1.05. The molecule has 0 saturated carbocycles. The molecule has 4 rings (SSSR count). The standard InChI is InChI=1S/C16H19N3O2/c1-10(2)15-12-5-6-17-16(12)19(18-15)11-3-4-13-14(9-11)21-8-7-20-13/h3-4,9-10,17H,5-8H2,1-2H3. The van der Waals surface area contributed by atoms with Crippen molar-refractivity contribution in [3.63, 3.8) is 0 Å². The largest absolute Gasteiger partial charge is 0.486 e. The summed E-state index contributed by atoms with van der Waals surface area (Å²) in [6.45, 7) is 6.58. The molecular weight excluding hydrogens is 266 g/mol. The topological polar surface area (TPSA) is 48.3 Å². The van der Waals surface area contributed by atoms with Crippen LogP contribution in [0.15, 0.2) is 18.2 Å². The van der Waals surface area contributed by atoms with Crippen molar-refractivity contribution in [3.8, 4) is 17.2 Å². The van der Waals surface area contributed by atoms with Gasteiger partial charge in [-0.3, -0.25) is 0 Å². The lowest BCUT2D eigenvalue weighted by molar-refractivity contribution is 0.171. The molecule has 0 radical (unpaired) electrons. The van der Waals surface area contributed by atoms with Crippen LogP contribution in [-0.2, 0) is 6.42 Å². The van der Waals surface area contributed by atoms with Crippen LogP contribution in [0.25, 0.3) is 5.69 Å². The summed E-state index contributed by atoms with van der Waals surface area (Å²) in [6, 6.07) is 6.00. The molecule has 0 atom stereocenters. The van der Waals surface area contributed by atoms with Crippen LogP contribution < -0.4 is 14.8 Å². The third-order valence-corrected chi connectivity index (χ3v) is 4.00. The molecule has 0 aliphatic carbocycles. The van der Waals surface area contributed by atoms with Crippen LogP contribution in [0.2, 0.25) is 0 Å². The van der Waals surface area contributed by atoms with Crippen molar-refractivity contribution < 1.29 is 9.47 Å². The van der Waals surface area contributed by atoms with Gasteiger partial charge in [0.15, 0.2) is 11.5 Å². The fourth-order valence-electron chi connectivity index (χ4n) is 3.02. The Morgan fingerprint density at radius 1 is 1.19 bits per heavy atom. The van der Waals surface area contributed by atoms with Crippen LogP contribution in [0, 0.1) is 0 Å². The molecule has 0 saturated heterocycles. The molecule has 0 fully saturated rings. The fraction of sp³-hybridized carbons (Fsp3) is 0.438. The Hall–Kier alpha value is -2.17. The van der Waals surface area contributed by atoms with E-state index in [9.17, 15) is 0 Å². The van der Waals surface area contributed by atoms with E-state index in [1.54, 1.807) is 0 Å². The maximum atomic E-state index is 5.67. The average molecular weight is 285 g/mol. The van der Waals surface area contributed by atoms with Crippen LogP contribution in [-0.4, -0.2) is 29.5 Å². The van der Waals surface area contributed by atoms with Gasteiger partial charge in [-0.2, -0.15) is 5.10 Å². The predicted molar refractivity (Wildman–Crippen MR) is 80.8 cm³/mol. The highest BCUT2D eigenvalue weighted by Crippen LogP contribution is 2.36. The van der Waals surface area contributed by atoms with E-state index >= 15 is 0 Å². The van der Waals surface area contributed by atoms with Gasteiger partial charge in [-0.1, -0.05) is 13.8 Å². The minimum absolute atomic E-state index is 0.428. The van der Waals surface area contributed by atoms with Gasteiger partial charge < -0.3 is 14.8 Å². The summed E-state index contributed by atoms with van der Waals surface area (Å²) in [5.74, 6) is 3.16. The molecule has 0 spiro atoms. The number of hydrogen-bond acceptors (Lipinski definition) is 4. The molecule has 2 aliphatic rings. The molecule has 5 heteroatoms. The Bertz CT molecular complexity index is 691. The maximum Gasteiger partial charge on any atom is 0.163 e. The SMILES string of the molecule is CC(C)c1nn(-c2ccc3c(c2)OCCO3)c2c1CCN2. The van der Waals surface area contributed by atoms with Crippen LogP contribution in [0.1, 0.15) is 31.0 Å². The smallest absolute Gasteiger partial charge is 0.163 e. The summed E-state index contributed by atoms with van der Waals surface area (Å²) < 4.78 is 13.2. The molecule has 1 aromatic heterocycles. The van der Waals surface area contributed by atoms with Crippen molar-refractivity contribution in [2.24, 2.45) is 0 Å². The molecule has 5 nitrogen and oxygen atoms in total. The van der Waals surface area contributed by atoms with Gasteiger partial charge in [0.2, 0.25) is 0 Å². The van der Waals surface area contributed by atoms with Crippen LogP contribution in [0.4, 0.5) is 5.82 Å². The van der Waals surface area contributed by atoms with E-state index in [4.69, 9.17) is 14.6 Å². The second kappa shape index (κ2) is 4.69. The second-order valence-electron chi connectivity index (χ2n) is 5.78. The monoisotopic (exact) mass is 285 g/mol. The third kappa shape index (κ3) is 1.95. The number of nitrogens with zero attached hydrogens (tertiary/aromatic N) is 2. The van der Waals surface area contributed by atoms with Gasteiger partial charge in [0.05, 0.1) is 11.4 Å². The van der Waals surface area contributed by atoms with Gasteiger partial charge in [0, 0.05) is 18.2 Å². The first-order valence-corrected chi connectivity index (χ1v) is 7.49. The molecule has 0 amide bonds. The lowest BCUT2D eigenvalue weighted by Crippen LogP contribution is -2.15. The van der Waals surface area contributed by atoms with Gasteiger partial charge in [-0.15, -0.1) is 0 Å². The minimum atomic E-state index is 0.428. The van der Waals surface area contributed by atoms with Crippen LogP contribution >= 0.6 is 0 Å². The molecule has 2 aliphatic heterocycles. The van der Waals surface area contributed by atoms with E-state index in [1.165, 1.54) is 11.3 Å². The first-order valence-electron chi connectivity index (χ1n) is 7.49. The molecule has 1 N–H and O–H groups in total.